The number of carboxylic acids is 1. The quantitative estimate of drug-likeness (QED) is 0.841. The van der Waals surface area contributed by atoms with Gasteiger partial charge in [-0.05, 0) is 6.42 Å². The minimum atomic E-state index is -4.31. The Hall–Kier alpha value is -0.960. The molecule has 0 aromatic rings. The third kappa shape index (κ3) is 3.63. The molecule has 0 aromatic carbocycles. The van der Waals surface area contributed by atoms with Crippen LogP contribution >= 0.6 is 11.8 Å². The van der Waals surface area contributed by atoms with Gasteiger partial charge in [0.15, 0.2) is 0 Å². The summed E-state index contributed by atoms with van der Waals surface area (Å²) in [6.07, 6.45) is -3.98. The molecular formula is C12H16F3NO4S. The number of hydrogen-bond donors (Lipinski definition) is 1. The van der Waals surface area contributed by atoms with Crippen LogP contribution in [0, 0.1) is 11.3 Å². The molecule has 2 aliphatic heterocycles. The molecule has 1 N–H and O–H groups in total. The highest BCUT2D eigenvalue weighted by Gasteiger charge is 2.54. The predicted octanol–water partition coefficient (Wildman–Crippen LogP) is 1.23. The number of halogens is 3. The number of carbonyl (C=O) groups is 2. The number of alkyl halides is 3. The van der Waals surface area contributed by atoms with E-state index in [1.165, 1.54) is 4.90 Å². The molecule has 21 heavy (non-hydrogen) atoms. The lowest BCUT2D eigenvalue weighted by molar-refractivity contribution is -0.157. The maximum absolute atomic E-state index is 12.1. The van der Waals surface area contributed by atoms with Crippen LogP contribution in [0.25, 0.3) is 0 Å². The molecule has 2 fully saturated rings. The average Bonchev–Trinajstić information content (AvgIpc) is 2.77. The van der Waals surface area contributed by atoms with E-state index in [9.17, 15) is 27.9 Å². The van der Waals surface area contributed by atoms with Gasteiger partial charge < -0.3 is 14.7 Å². The fourth-order valence-corrected chi connectivity index (χ4v) is 3.53. The minimum Gasteiger partial charge on any atom is -0.481 e. The zero-order valence-corrected chi connectivity index (χ0v) is 12.0. The Morgan fingerprint density at radius 3 is 2.71 bits per heavy atom. The summed E-state index contributed by atoms with van der Waals surface area (Å²) in [4.78, 5) is 24.8. The molecule has 0 radical (unpaired) electrons. The number of fused-ring (bicyclic) bond motifs is 1. The van der Waals surface area contributed by atoms with Crippen LogP contribution in [0.4, 0.5) is 13.2 Å². The standard InChI is InChI=1S/C12H16F3NO4S/c13-12(14,15)7-21-5-9(17)16-3-8-4-20-2-1-11(8,6-16)10(18)19/h8H,1-7H2,(H,18,19)/t8-,11+/m0/s1. The number of rotatable bonds is 4. The largest absolute Gasteiger partial charge is 0.481 e. The highest BCUT2D eigenvalue weighted by molar-refractivity contribution is 8.00. The van der Waals surface area contributed by atoms with E-state index in [1.54, 1.807) is 0 Å². The van der Waals surface area contributed by atoms with Gasteiger partial charge in [0.1, 0.15) is 0 Å². The molecule has 2 saturated heterocycles. The first-order chi connectivity index (χ1) is 9.74. The number of ether oxygens (including phenoxy) is 1. The van der Waals surface area contributed by atoms with Crippen molar-refractivity contribution in [2.45, 2.75) is 12.6 Å². The fraction of sp³-hybridized carbons (Fsp3) is 0.833. The second kappa shape index (κ2) is 6.04. The first kappa shape index (κ1) is 16.4. The molecule has 0 spiro atoms. The Morgan fingerprint density at radius 1 is 1.43 bits per heavy atom. The molecule has 2 heterocycles. The molecule has 5 nitrogen and oxygen atoms in total. The molecule has 2 atom stereocenters. The molecule has 0 aromatic heterocycles. The van der Waals surface area contributed by atoms with Crippen molar-refractivity contribution in [2.24, 2.45) is 11.3 Å². The van der Waals surface area contributed by atoms with Crippen LogP contribution < -0.4 is 0 Å². The first-order valence-corrected chi connectivity index (χ1v) is 7.63. The molecule has 2 rings (SSSR count). The van der Waals surface area contributed by atoms with E-state index in [-0.39, 0.29) is 31.4 Å². The van der Waals surface area contributed by atoms with E-state index in [1.807, 2.05) is 0 Å². The second-order valence-corrected chi connectivity index (χ2v) is 6.35. The summed E-state index contributed by atoms with van der Waals surface area (Å²) in [5.41, 5.74) is -1.01. The average molecular weight is 327 g/mol. The van der Waals surface area contributed by atoms with Gasteiger partial charge in [0.05, 0.1) is 23.5 Å². The van der Waals surface area contributed by atoms with Crippen LogP contribution in [0.3, 0.4) is 0 Å². The normalized spacial score (nSPS) is 29.3. The topological polar surface area (TPSA) is 66.8 Å². The summed E-state index contributed by atoms with van der Waals surface area (Å²) in [6.45, 7) is 0.888. The monoisotopic (exact) mass is 327 g/mol. The van der Waals surface area contributed by atoms with Gasteiger partial charge in [0.25, 0.3) is 0 Å². The Balaban J connectivity index is 1.93. The number of carbonyl (C=O) groups excluding carboxylic acids is 1. The Morgan fingerprint density at radius 2 is 2.14 bits per heavy atom. The van der Waals surface area contributed by atoms with Gasteiger partial charge in [-0.3, -0.25) is 9.59 Å². The third-order valence-corrected chi connectivity index (χ3v) is 4.96. The van der Waals surface area contributed by atoms with Crippen molar-refractivity contribution in [1.29, 1.82) is 0 Å². The lowest BCUT2D eigenvalue weighted by atomic mass is 9.74. The van der Waals surface area contributed by atoms with Crippen LogP contribution in [0.1, 0.15) is 6.42 Å². The van der Waals surface area contributed by atoms with Crippen molar-refractivity contribution in [3.8, 4) is 0 Å². The summed E-state index contributed by atoms with van der Waals surface area (Å²) in [5.74, 6) is -3.07. The van der Waals surface area contributed by atoms with Crippen molar-refractivity contribution >= 4 is 23.6 Å². The number of hydrogen-bond acceptors (Lipinski definition) is 4. The van der Waals surface area contributed by atoms with Crippen LogP contribution in [-0.2, 0) is 14.3 Å². The first-order valence-electron chi connectivity index (χ1n) is 6.48. The van der Waals surface area contributed by atoms with Gasteiger partial charge in [-0.2, -0.15) is 13.2 Å². The molecule has 9 heteroatoms. The van der Waals surface area contributed by atoms with Crippen LogP contribution in [0.5, 0.6) is 0 Å². The van der Waals surface area contributed by atoms with Gasteiger partial charge in [0.2, 0.25) is 5.91 Å². The molecule has 0 saturated carbocycles. The second-order valence-electron chi connectivity index (χ2n) is 5.37. The minimum absolute atomic E-state index is 0.0573. The van der Waals surface area contributed by atoms with E-state index in [4.69, 9.17) is 4.74 Å². The van der Waals surface area contributed by atoms with Crippen LogP contribution in [0.2, 0.25) is 0 Å². The van der Waals surface area contributed by atoms with E-state index < -0.39 is 29.2 Å². The molecule has 0 unspecified atom stereocenters. The Bertz CT molecular complexity index is 431. The predicted molar refractivity (Wildman–Crippen MR) is 69.0 cm³/mol. The van der Waals surface area contributed by atoms with E-state index in [0.717, 1.165) is 0 Å². The lowest BCUT2D eigenvalue weighted by Gasteiger charge is -2.33. The van der Waals surface area contributed by atoms with E-state index >= 15 is 0 Å². The molecular weight excluding hydrogens is 311 g/mol. The Kier molecular flexibility index (Phi) is 4.72. The molecule has 0 bridgehead atoms. The van der Waals surface area contributed by atoms with Crippen molar-refractivity contribution in [2.75, 3.05) is 37.8 Å². The number of nitrogens with zero attached hydrogens (tertiary/aromatic N) is 1. The zero-order valence-electron chi connectivity index (χ0n) is 11.2. The smallest absolute Gasteiger partial charge is 0.397 e. The number of aliphatic carboxylic acids is 1. The van der Waals surface area contributed by atoms with Gasteiger partial charge in [0, 0.05) is 25.6 Å². The summed E-state index contributed by atoms with van der Waals surface area (Å²) in [6, 6.07) is 0. The van der Waals surface area contributed by atoms with Crippen molar-refractivity contribution in [3.05, 3.63) is 0 Å². The van der Waals surface area contributed by atoms with Gasteiger partial charge in [-0.25, -0.2) is 0 Å². The number of thioether (sulfide) groups is 1. The SMILES string of the molecule is O=C(CSCC(F)(F)F)N1C[C@H]2COCC[C@@]2(C(=O)O)C1. The summed E-state index contributed by atoms with van der Waals surface area (Å²) in [7, 11) is 0. The van der Waals surface area contributed by atoms with Crippen molar-refractivity contribution in [1.82, 2.24) is 4.90 Å². The molecule has 1 amide bonds. The van der Waals surface area contributed by atoms with E-state index in [2.05, 4.69) is 0 Å². The molecule has 2 aliphatic rings. The number of likely N-dealkylation sites (tertiary alicyclic amines) is 1. The highest BCUT2D eigenvalue weighted by atomic mass is 32.2. The number of amides is 1. The van der Waals surface area contributed by atoms with Gasteiger partial charge in [-0.15, -0.1) is 11.8 Å². The molecule has 0 aliphatic carbocycles. The lowest BCUT2D eigenvalue weighted by Crippen LogP contribution is -2.45. The number of carboxylic acid groups (broad SMARTS) is 1. The Labute approximate surface area is 123 Å². The van der Waals surface area contributed by atoms with Crippen molar-refractivity contribution < 1.29 is 32.6 Å². The van der Waals surface area contributed by atoms with Gasteiger partial charge in [-0.1, -0.05) is 0 Å². The van der Waals surface area contributed by atoms with Crippen LogP contribution in [0.15, 0.2) is 0 Å². The summed E-state index contributed by atoms with van der Waals surface area (Å²) in [5, 5.41) is 9.43. The third-order valence-electron chi connectivity index (χ3n) is 3.98. The van der Waals surface area contributed by atoms with E-state index in [0.29, 0.717) is 24.8 Å². The van der Waals surface area contributed by atoms with Crippen LogP contribution in [-0.4, -0.2) is 65.9 Å². The summed E-state index contributed by atoms with van der Waals surface area (Å²) < 4.78 is 41.4. The maximum Gasteiger partial charge on any atom is 0.397 e. The molecule has 120 valence electrons. The highest BCUT2D eigenvalue weighted by Crippen LogP contribution is 2.42. The summed E-state index contributed by atoms with van der Waals surface area (Å²) >= 11 is 0.501. The maximum atomic E-state index is 12.1. The van der Waals surface area contributed by atoms with Crippen molar-refractivity contribution in [3.63, 3.8) is 0 Å². The van der Waals surface area contributed by atoms with Gasteiger partial charge >= 0.3 is 12.1 Å². The fourth-order valence-electron chi connectivity index (χ4n) is 2.83. The zero-order chi connectivity index (χ0) is 15.7.